The largest absolute Gasteiger partial charge is 0.363 e. The Bertz CT molecular complexity index is 538. The summed E-state index contributed by atoms with van der Waals surface area (Å²) in [7, 11) is 3.83. The van der Waals surface area contributed by atoms with Crippen LogP contribution in [-0.4, -0.2) is 19.1 Å². The zero-order chi connectivity index (χ0) is 10.8. The molecule has 0 atom stereocenters. The Hall–Kier alpha value is -2.08. The van der Waals surface area contributed by atoms with Crippen molar-refractivity contribution in [3.05, 3.63) is 35.9 Å². The van der Waals surface area contributed by atoms with Gasteiger partial charge in [-0.15, -0.1) is 0 Å². The number of hydrogen-bond acceptors (Lipinski definition) is 3. The molecule has 0 aliphatic rings. The van der Waals surface area contributed by atoms with Gasteiger partial charge in [0.15, 0.2) is 0 Å². The smallest absolute Gasteiger partial charge is 0.130 e. The molecule has 0 unspecified atom stereocenters. The van der Waals surface area contributed by atoms with Crippen molar-refractivity contribution in [2.24, 2.45) is 0 Å². The normalized spacial score (nSPS) is 9.93. The van der Waals surface area contributed by atoms with Crippen LogP contribution in [-0.2, 0) is 0 Å². The summed E-state index contributed by atoms with van der Waals surface area (Å²) in [5.74, 6) is 0.810. The number of pyridine rings is 1. The molecular formula is C12H11N3. The fraction of sp³-hybridized carbons (Fsp3) is 0.167. The predicted molar refractivity (Wildman–Crippen MR) is 60.8 cm³/mol. The predicted octanol–water partition coefficient (Wildman–Crippen LogP) is 2.17. The van der Waals surface area contributed by atoms with Gasteiger partial charge in [-0.2, -0.15) is 5.26 Å². The number of nitrogens with zero attached hydrogens (tertiary/aromatic N) is 3. The van der Waals surface area contributed by atoms with E-state index in [0.717, 1.165) is 16.7 Å². The van der Waals surface area contributed by atoms with Crippen LogP contribution in [0.5, 0.6) is 0 Å². The van der Waals surface area contributed by atoms with Crippen LogP contribution in [0.3, 0.4) is 0 Å². The van der Waals surface area contributed by atoms with E-state index in [-0.39, 0.29) is 0 Å². The van der Waals surface area contributed by atoms with E-state index in [1.165, 1.54) is 0 Å². The molecule has 0 fully saturated rings. The third kappa shape index (κ3) is 1.62. The van der Waals surface area contributed by atoms with Crippen LogP contribution in [0.1, 0.15) is 5.56 Å². The van der Waals surface area contributed by atoms with Gasteiger partial charge in [0.1, 0.15) is 5.82 Å². The topological polar surface area (TPSA) is 39.9 Å². The molecular weight excluding hydrogens is 186 g/mol. The number of fused-ring (bicyclic) bond motifs is 1. The second-order valence-corrected chi connectivity index (χ2v) is 3.55. The van der Waals surface area contributed by atoms with Gasteiger partial charge in [0.2, 0.25) is 0 Å². The minimum atomic E-state index is 0.671. The summed E-state index contributed by atoms with van der Waals surface area (Å²) in [6.45, 7) is 0. The summed E-state index contributed by atoms with van der Waals surface area (Å²) in [6.07, 6.45) is 0. The molecule has 0 amide bonds. The van der Waals surface area contributed by atoms with Crippen molar-refractivity contribution in [3.63, 3.8) is 0 Å². The van der Waals surface area contributed by atoms with Gasteiger partial charge in [0, 0.05) is 19.5 Å². The van der Waals surface area contributed by atoms with Gasteiger partial charge in [-0.1, -0.05) is 18.2 Å². The van der Waals surface area contributed by atoms with Crippen LogP contribution in [0, 0.1) is 11.3 Å². The van der Waals surface area contributed by atoms with E-state index in [1.54, 1.807) is 0 Å². The summed E-state index contributed by atoms with van der Waals surface area (Å²) in [5.41, 5.74) is 1.53. The lowest BCUT2D eigenvalue weighted by molar-refractivity contribution is 1.08. The van der Waals surface area contributed by atoms with E-state index < -0.39 is 0 Å². The van der Waals surface area contributed by atoms with E-state index in [9.17, 15) is 0 Å². The summed E-state index contributed by atoms with van der Waals surface area (Å²) in [4.78, 5) is 6.35. The molecule has 2 rings (SSSR count). The Balaban J connectivity index is 2.78. The van der Waals surface area contributed by atoms with Gasteiger partial charge in [0.05, 0.1) is 17.1 Å². The highest BCUT2D eigenvalue weighted by Gasteiger charge is 2.05. The van der Waals surface area contributed by atoms with Crippen LogP contribution >= 0.6 is 0 Å². The fourth-order valence-electron chi connectivity index (χ4n) is 1.48. The Morgan fingerprint density at radius 3 is 2.67 bits per heavy atom. The average molecular weight is 197 g/mol. The van der Waals surface area contributed by atoms with E-state index in [2.05, 4.69) is 11.1 Å². The third-order valence-electron chi connectivity index (χ3n) is 2.28. The second-order valence-electron chi connectivity index (χ2n) is 3.55. The van der Waals surface area contributed by atoms with Crippen LogP contribution < -0.4 is 4.90 Å². The molecule has 0 aliphatic heterocycles. The highest BCUT2D eigenvalue weighted by molar-refractivity contribution is 5.86. The van der Waals surface area contributed by atoms with Gasteiger partial charge >= 0.3 is 0 Å². The second kappa shape index (κ2) is 3.58. The molecule has 1 heterocycles. The molecule has 0 aliphatic carbocycles. The van der Waals surface area contributed by atoms with Crippen LogP contribution in [0.4, 0.5) is 5.82 Å². The fourth-order valence-corrected chi connectivity index (χ4v) is 1.48. The van der Waals surface area contributed by atoms with Gasteiger partial charge in [-0.3, -0.25) is 0 Å². The van der Waals surface area contributed by atoms with Gasteiger partial charge in [0.25, 0.3) is 0 Å². The average Bonchev–Trinajstić information content (AvgIpc) is 2.27. The highest BCUT2D eigenvalue weighted by atomic mass is 15.1. The molecule has 2 aromatic rings. The maximum Gasteiger partial charge on any atom is 0.130 e. The van der Waals surface area contributed by atoms with Gasteiger partial charge in [-0.25, -0.2) is 4.98 Å². The van der Waals surface area contributed by atoms with Crippen molar-refractivity contribution >= 4 is 16.7 Å². The molecule has 74 valence electrons. The Kier molecular flexibility index (Phi) is 2.26. The van der Waals surface area contributed by atoms with Gasteiger partial charge in [-0.05, 0) is 12.1 Å². The molecule has 3 heteroatoms. The minimum absolute atomic E-state index is 0.671. The first kappa shape index (κ1) is 9.47. The molecule has 15 heavy (non-hydrogen) atoms. The first-order valence-corrected chi connectivity index (χ1v) is 4.69. The molecule has 0 saturated carbocycles. The molecule has 0 bridgehead atoms. The number of aromatic nitrogens is 1. The first-order chi connectivity index (χ1) is 7.22. The van der Waals surface area contributed by atoms with Gasteiger partial charge < -0.3 is 4.90 Å². The lowest BCUT2D eigenvalue weighted by Crippen LogP contribution is -2.10. The monoisotopic (exact) mass is 197 g/mol. The number of para-hydroxylation sites is 1. The van der Waals surface area contributed by atoms with E-state index >= 15 is 0 Å². The zero-order valence-electron chi connectivity index (χ0n) is 8.73. The Morgan fingerprint density at radius 2 is 2.00 bits per heavy atom. The number of hydrogen-bond donors (Lipinski definition) is 0. The summed E-state index contributed by atoms with van der Waals surface area (Å²) in [5, 5.41) is 9.95. The maximum atomic E-state index is 9.05. The molecule has 0 radical (unpaired) electrons. The number of benzene rings is 1. The number of anilines is 1. The number of rotatable bonds is 1. The molecule has 3 nitrogen and oxygen atoms in total. The van der Waals surface area contributed by atoms with Crippen molar-refractivity contribution in [2.45, 2.75) is 0 Å². The maximum absolute atomic E-state index is 9.05. The highest BCUT2D eigenvalue weighted by Crippen LogP contribution is 2.20. The van der Waals surface area contributed by atoms with Crippen molar-refractivity contribution in [1.29, 1.82) is 5.26 Å². The van der Waals surface area contributed by atoms with Crippen LogP contribution in [0.25, 0.3) is 10.9 Å². The van der Waals surface area contributed by atoms with Crippen LogP contribution in [0.2, 0.25) is 0 Å². The summed E-state index contributed by atoms with van der Waals surface area (Å²) >= 11 is 0. The van der Waals surface area contributed by atoms with Crippen LogP contribution in [0.15, 0.2) is 30.3 Å². The molecule has 0 N–H and O–H groups in total. The van der Waals surface area contributed by atoms with Crippen molar-refractivity contribution in [3.8, 4) is 6.07 Å². The third-order valence-corrected chi connectivity index (χ3v) is 2.28. The SMILES string of the molecule is CN(C)c1cc(C#N)c2ccccc2n1. The Labute approximate surface area is 88.6 Å². The lowest BCUT2D eigenvalue weighted by atomic mass is 10.1. The molecule has 0 spiro atoms. The summed E-state index contributed by atoms with van der Waals surface area (Å²) < 4.78 is 0. The van der Waals surface area contributed by atoms with Crippen molar-refractivity contribution in [2.75, 3.05) is 19.0 Å². The van der Waals surface area contributed by atoms with Crippen molar-refractivity contribution in [1.82, 2.24) is 4.98 Å². The lowest BCUT2D eigenvalue weighted by Gasteiger charge is -2.12. The molecule has 1 aromatic heterocycles. The van der Waals surface area contributed by atoms with E-state index in [1.807, 2.05) is 49.3 Å². The summed E-state index contributed by atoms with van der Waals surface area (Å²) in [6, 6.07) is 11.7. The molecule has 1 aromatic carbocycles. The zero-order valence-corrected chi connectivity index (χ0v) is 8.73. The standard InChI is InChI=1S/C12H11N3/c1-15(2)12-7-9(8-13)10-5-3-4-6-11(10)14-12/h3-7H,1-2H3. The molecule has 0 saturated heterocycles. The van der Waals surface area contributed by atoms with Crippen molar-refractivity contribution < 1.29 is 0 Å². The quantitative estimate of drug-likeness (QED) is 0.703. The first-order valence-electron chi connectivity index (χ1n) is 4.69. The van der Waals surface area contributed by atoms with E-state index in [4.69, 9.17) is 5.26 Å². The number of nitriles is 1. The Morgan fingerprint density at radius 1 is 1.27 bits per heavy atom. The van der Waals surface area contributed by atoms with E-state index in [0.29, 0.717) is 5.56 Å². The minimum Gasteiger partial charge on any atom is -0.363 e.